The number of aromatic nitrogens is 1. The monoisotopic (exact) mass is 245 g/mol. The maximum absolute atomic E-state index is 11.6. The predicted octanol–water partition coefficient (Wildman–Crippen LogP) is 0.694. The number of rotatable bonds is 4. The van der Waals surface area contributed by atoms with E-state index in [4.69, 9.17) is 5.11 Å². The van der Waals surface area contributed by atoms with Crippen LogP contribution in [0.2, 0.25) is 0 Å². The number of anilines is 1. The zero-order valence-electron chi connectivity index (χ0n) is 9.91. The Labute approximate surface area is 105 Å². The first-order valence-electron chi connectivity index (χ1n) is 5.76. The number of hydrogen-bond donors (Lipinski definition) is 2. The molecule has 18 heavy (non-hydrogen) atoms. The van der Waals surface area contributed by atoms with E-state index >= 15 is 0 Å². The van der Waals surface area contributed by atoms with Crippen LogP contribution in [-0.2, 0) is 0 Å². The Kier molecular flexibility index (Phi) is 4.09. The van der Waals surface area contributed by atoms with E-state index in [0.717, 1.165) is 12.4 Å². The highest BCUT2D eigenvalue weighted by molar-refractivity contribution is 5.94. The summed E-state index contributed by atoms with van der Waals surface area (Å²) in [6.45, 7) is 0.960. The lowest BCUT2D eigenvalue weighted by Gasteiger charge is -2.19. The molecule has 1 amide bonds. The average Bonchev–Trinajstić information content (AvgIpc) is 2.46. The van der Waals surface area contributed by atoms with Gasteiger partial charge in [0.25, 0.3) is 5.91 Å². The Hall–Kier alpha value is -2.14. The van der Waals surface area contributed by atoms with Gasteiger partial charge in [-0.25, -0.2) is 4.98 Å². The lowest BCUT2D eigenvalue weighted by molar-refractivity contribution is 0.0944. The first kappa shape index (κ1) is 12.3. The molecule has 1 aliphatic heterocycles. The minimum Gasteiger partial charge on any atom is -0.395 e. The zero-order chi connectivity index (χ0) is 12.8. The van der Waals surface area contributed by atoms with Crippen molar-refractivity contribution in [1.82, 2.24) is 10.3 Å². The van der Waals surface area contributed by atoms with Crippen LogP contribution in [0.5, 0.6) is 0 Å². The maximum Gasteiger partial charge on any atom is 0.252 e. The van der Waals surface area contributed by atoms with E-state index < -0.39 is 0 Å². The first-order valence-corrected chi connectivity index (χ1v) is 5.76. The number of aliphatic hydroxyl groups excluding tert-OH is 1. The van der Waals surface area contributed by atoms with Gasteiger partial charge in [0.1, 0.15) is 5.82 Å². The van der Waals surface area contributed by atoms with E-state index in [0.29, 0.717) is 5.56 Å². The van der Waals surface area contributed by atoms with Gasteiger partial charge in [-0.2, -0.15) is 0 Å². The zero-order valence-corrected chi connectivity index (χ0v) is 9.91. The number of allylic oxidation sites excluding steroid dienone is 2. The topological polar surface area (TPSA) is 65.5 Å². The summed E-state index contributed by atoms with van der Waals surface area (Å²) in [6.07, 6.45) is 9.42. The summed E-state index contributed by atoms with van der Waals surface area (Å²) < 4.78 is 0. The number of nitrogens with one attached hydrogen (secondary N) is 1. The number of hydrogen-bond acceptors (Lipinski definition) is 4. The van der Waals surface area contributed by atoms with Crippen molar-refractivity contribution in [2.75, 3.05) is 24.6 Å². The standard InChI is InChI=1S/C13H15N3O2/c17-9-6-14-13(18)11-4-5-12(15-10-11)16-7-2-1-3-8-16/h1-5,7,10,17H,6,8-9H2,(H,14,18). The molecule has 0 unspecified atom stereocenters. The van der Waals surface area contributed by atoms with E-state index in [1.54, 1.807) is 12.1 Å². The number of nitrogens with zero attached hydrogens (tertiary/aromatic N) is 2. The summed E-state index contributed by atoms with van der Waals surface area (Å²) in [7, 11) is 0. The number of carbonyl (C=O) groups excluding carboxylic acids is 1. The predicted molar refractivity (Wildman–Crippen MR) is 69.3 cm³/mol. The molecule has 2 heterocycles. The van der Waals surface area contributed by atoms with Gasteiger partial charge in [-0.1, -0.05) is 12.2 Å². The highest BCUT2D eigenvalue weighted by Gasteiger charge is 2.08. The van der Waals surface area contributed by atoms with Gasteiger partial charge < -0.3 is 15.3 Å². The van der Waals surface area contributed by atoms with Crippen molar-refractivity contribution in [3.63, 3.8) is 0 Å². The minimum absolute atomic E-state index is 0.0673. The number of carbonyl (C=O) groups is 1. The van der Waals surface area contributed by atoms with E-state index in [-0.39, 0.29) is 19.1 Å². The molecule has 0 spiro atoms. The molecule has 0 radical (unpaired) electrons. The first-order chi connectivity index (χ1) is 8.81. The van der Waals surface area contributed by atoms with Gasteiger partial charge in [0, 0.05) is 25.5 Å². The normalized spacial score (nSPS) is 13.7. The van der Waals surface area contributed by atoms with Gasteiger partial charge in [-0.15, -0.1) is 0 Å². The molecule has 0 atom stereocenters. The van der Waals surface area contributed by atoms with Crippen LogP contribution in [0.3, 0.4) is 0 Å². The molecule has 0 bridgehead atoms. The van der Waals surface area contributed by atoms with Gasteiger partial charge in [0.2, 0.25) is 0 Å². The van der Waals surface area contributed by atoms with Crippen molar-refractivity contribution in [2.24, 2.45) is 0 Å². The van der Waals surface area contributed by atoms with Gasteiger partial charge in [0.05, 0.1) is 12.2 Å². The Bertz CT molecular complexity index is 466. The lowest BCUT2D eigenvalue weighted by Crippen LogP contribution is -2.26. The average molecular weight is 245 g/mol. The molecule has 0 saturated carbocycles. The SMILES string of the molecule is O=C(NCCO)c1ccc(N2C=CC=CC2)nc1. The maximum atomic E-state index is 11.6. The summed E-state index contributed by atoms with van der Waals surface area (Å²) in [4.78, 5) is 17.8. The smallest absolute Gasteiger partial charge is 0.252 e. The molecular weight excluding hydrogens is 230 g/mol. The van der Waals surface area contributed by atoms with Crippen molar-refractivity contribution < 1.29 is 9.90 Å². The van der Waals surface area contributed by atoms with Crippen molar-refractivity contribution in [1.29, 1.82) is 0 Å². The summed E-state index contributed by atoms with van der Waals surface area (Å²) >= 11 is 0. The van der Waals surface area contributed by atoms with Gasteiger partial charge in [0.15, 0.2) is 0 Å². The molecule has 5 nitrogen and oxygen atoms in total. The van der Waals surface area contributed by atoms with Crippen LogP contribution in [0.25, 0.3) is 0 Å². The molecule has 2 rings (SSSR count). The van der Waals surface area contributed by atoms with Crippen molar-refractivity contribution in [3.05, 3.63) is 48.3 Å². The molecule has 0 aromatic carbocycles. The third-order valence-electron chi connectivity index (χ3n) is 2.52. The van der Waals surface area contributed by atoms with E-state index in [1.807, 2.05) is 29.3 Å². The molecule has 1 aromatic rings. The number of amides is 1. The molecule has 0 saturated heterocycles. The van der Waals surface area contributed by atoms with Crippen molar-refractivity contribution in [2.45, 2.75) is 0 Å². The van der Waals surface area contributed by atoms with Gasteiger partial charge in [-0.3, -0.25) is 4.79 Å². The Morgan fingerprint density at radius 3 is 2.94 bits per heavy atom. The molecular formula is C13H15N3O2. The van der Waals surface area contributed by atoms with E-state index in [1.165, 1.54) is 6.20 Å². The second-order valence-corrected chi connectivity index (χ2v) is 3.81. The van der Waals surface area contributed by atoms with Crippen LogP contribution in [0.4, 0.5) is 5.82 Å². The third-order valence-corrected chi connectivity index (χ3v) is 2.52. The van der Waals surface area contributed by atoms with Crippen LogP contribution >= 0.6 is 0 Å². The molecule has 1 aromatic heterocycles. The molecule has 5 heteroatoms. The fourth-order valence-corrected chi connectivity index (χ4v) is 1.60. The Balaban J connectivity index is 2.03. The van der Waals surface area contributed by atoms with Crippen LogP contribution in [-0.4, -0.2) is 35.7 Å². The van der Waals surface area contributed by atoms with Crippen LogP contribution in [0.1, 0.15) is 10.4 Å². The van der Waals surface area contributed by atoms with E-state index in [2.05, 4.69) is 10.3 Å². The largest absolute Gasteiger partial charge is 0.395 e. The molecule has 2 N–H and O–H groups in total. The summed E-state index contributed by atoms with van der Waals surface area (Å²) in [5.41, 5.74) is 0.490. The molecule has 94 valence electrons. The quantitative estimate of drug-likeness (QED) is 0.819. The molecule has 1 aliphatic rings. The van der Waals surface area contributed by atoms with Gasteiger partial charge in [-0.05, 0) is 18.2 Å². The highest BCUT2D eigenvalue weighted by atomic mass is 16.3. The van der Waals surface area contributed by atoms with Crippen molar-refractivity contribution >= 4 is 11.7 Å². The Morgan fingerprint density at radius 2 is 2.33 bits per heavy atom. The fourth-order valence-electron chi connectivity index (χ4n) is 1.60. The van der Waals surface area contributed by atoms with Gasteiger partial charge >= 0.3 is 0 Å². The highest BCUT2D eigenvalue weighted by Crippen LogP contribution is 2.13. The number of aliphatic hydroxyl groups is 1. The second kappa shape index (κ2) is 5.97. The molecule has 0 aliphatic carbocycles. The number of pyridine rings is 1. The van der Waals surface area contributed by atoms with Crippen LogP contribution in [0.15, 0.2) is 42.8 Å². The second-order valence-electron chi connectivity index (χ2n) is 3.81. The Morgan fingerprint density at radius 1 is 1.44 bits per heavy atom. The summed E-state index contributed by atoms with van der Waals surface area (Å²) in [5.74, 6) is 0.575. The van der Waals surface area contributed by atoms with Crippen LogP contribution < -0.4 is 10.2 Å². The minimum atomic E-state index is -0.225. The fraction of sp³-hybridized carbons (Fsp3) is 0.231. The molecule has 0 fully saturated rings. The third kappa shape index (κ3) is 2.95. The lowest BCUT2D eigenvalue weighted by atomic mass is 10.2. The van der Waals surface area contributed by atoms with Crippen molar-refractivity contribution in [3.8, 4) is 0 Å². The summed E-state index contributed by atoms with van der Waals surface area (Å²) in [6, 6.07) is 3.53. The van der Waals surface area contributed by atoms with Crippen LogP contribution in [0, 0.1) is 0 Å². The summed E-state index contributed by atoms with van der Waals surface area (Å²) in [5, 5.41) is 11.2. The van der Waals surface area contributed by atoms with E-state index in [9.17, 15) is 4.79 Å².